The lowest BCUT2D eigenvalue weighted by Crippen LogP contribution is -2.14. The highest BCUT2D eigenvalue weighted by Gasteiger charge is 2.13. The van der Waals surface area contributed by atoms with Crippen LogP contribution in [0.25, 0.3) is 0 Å². The number of anilines is 1. The predicted molar refractivity (Wildman–Crippen MR) is 77.6 cm³/mol. The molecule has 0 spiro atoms. The molecule has 0 aliphatic carbocycles. The predicted octanol–water partition coefficient (Wildman–Crippen LogP) is 3.41. The molecule has 0 bridgehead atoms. The molecule has 1 aromatic carbocycles. The Morgan fingerprint density at radius 1 is 1.37 bits per heavy atom. The Balaban J connectivity index is 2.28. The lowest BCUT2D eigenvalue weighted by molar-refractivity contribution is 0.102. The quantitative estimate of drug-likeness (QED) is 0.942. The van der Waals surface area contributed by atoms with Crippen LogP contribution in [0.5, 0.6) is 5.75 Å². The molecular weight excluding hydrogens is 308 g/mol. The summed E-state index contributed by atoms with van der Waals surface area (Å²) in [4.78, 5) is 16.1. The first-order chi connectivity index (χ1) is 9.11. The molecule has 5 heteroatoms. The summed E-state index contributed by atoms with van der Waals surface area (Å²) >= 11 is 3.38. The van der Waals surface area contributed by atoms with Crippen molar-refractivity contribution in [3.8, 4) is 5.75 Å². The Kier molecular flexibility index (Phi) is 4.16. The molecule has 0 saturated heterocycles. The Morgan fingerprint density at radius 3 is 2.89 bits per heavy atom. The van der Waals surface area contributed by atoms with Gasteiger partial charge in [0.15, 0.2) is 0 Å². The number of amides is 1. The normalized spacial score (nSPS) is 10.1. The number of benzene rings is 1. The zero-order chi connectivity index (χ0) is 13.8. The minimum atomic E-state index is -0.222. The van der Waals surface area contributed by atoms with Crippen LogP contribution in [0, 0.1) is 6.92 Å². The van der Waals surface area contributed by atoms with Gasteiger partial charge in [-0.2, -0.15) is 0 Å². The highest BCUT2D eigenvalue weighted by atomic mass is 79.9. The van der Waals surface area contributed by atoms with Gasteiger partial charge in [-0.15, -0.1) is 0 Å². The maximum Gasteiger partial charge on any atom is 0.259 e. The maximum atomic E-state index is 12.2. The van der Waals surface area contributed by atoms with Crippen LogP contribution in [0.4, 0.5) is 5.69 Å². The summed E-state index contributed by atoms with van der Waals surface area (Å²) in [6.07, 6.45) is 3.08. The molecular formula is C14H13BrN2O2. The molecule has 98 valence electrons. The summed E-state index contributed by atoms with van der Waals surface area (Å²) in [7, 11) is 1.51. The van der Waals surface area contributed by atoms with Crippen molar-refractivity contribution in [2.75, 3.05) is 12.4 Å². The fourth-order valence-electron chi connectivity index (χ4n) is 1.65. The van der Waals surface area contributed by atoms with E-state index in [1.807, 2.05) is 25.1 Å². The summed E-state index contributed by atoms with van der Waals surface area (Å²) in [6, 6.07) is 7.35. The fraction of sp³-hybridized carbons (Fsp3) is 0.143. The molecule has 2 aromatic rings. The molecule has 1 N–H and O–H groups in total. The van der Waals surface area contributed by atoms with Crippen LogP contribution in [0.1, 0.15) is 15.9 Å². The number of hydrogen-bond donors (Lipinski definition) is 1. The molecule has 19 heavy (non-hydrogen) atoms. The van der Waals surface area contributed by atoms with Gasteiger partial charge in [0.1, 0.15) is 5.75 Å². The zero-order valence-corrected chi connectivity index (χ0v) is 12.2. The highest BCUT2D eigenvalue weighted by molar-refractivity contribution is 9.10. The first-order valence-electron chi connectivity index (χ1n) is 5.67. The average molecular weight is 321 g/mol. The van der Waals surface area contributed by atoms with E-state index >= 15 is 0 Å². The van der Waals surface area contributed by atoms with Crippen molar-refractivity contribution in [2.45, 2.75) is 6.92 Å². The first kappa shape index (κ1) is 13.5. The summed E-state index contributed by atoms with van der Waals surface area (Å²) < 4.78 is 6.04. The van der Waals surface area contributed by atoms with Crippen LogP contribution in [-0.4, -0.2) is 18.0 Å². The fourth-order valence-corrected chi connectivity index (χ4v) is 2.01. The first-order valence-corrected chi connectivity index (χ1v) is 6.46. The smallest absolute Gasteiger partial charge is 0.259 e. The van der Waals surface area contributed by atoms with E-state index in [4.69, 9.17) is 4.74 Å². The maximum absolute atomic E-state index is 12.2. The second kappa shape index (κ2) is 5.84. The van der Waals surface area contributed by atoms with Crippen molar-refractivity contribution in [3.05, 3.63) is 52.3 Å². The third-order valence-electron chi connectivity index (χ3n) is 2.70. The van der Waals surface area contributed by atoms with Gasteiger partial charge >= 0.3 is 0 Å². The number of nitrogens with zero attached hydrogens (tertiary/aromatic N) is 1. The van der Waals surface area contributed by atoms with Gasteiger partial charge in [0.2, 0.25) is 0 Å². The molecule has 0 saturated carbocycles. The minimum Gasteiger partial charge on any atom is -0.494 e. The molecule has 0 atom stereocenters. The van der Waals surface area contributed by atoms with Crippen LogP contribution in [-0.2, 0) is 0 Å². The van der Waals surface area contributed by atoms with Crippen molar-refractivity contribution in [3.63, 3.8) is 0 Å². The van der Waals surface area contributed by atoms with Crippen molar-refractivity contribution in [1.82, 2.24) is 4.98 Å². The van der Waals surface area contributed by atoms with E-state index < -0.39 is 0 Å². The number of hydrogen-bond acceptors (Lipinski definition) is 3. The largest absolute Gasteiger partial charge is 0.494 e. The van der Waals surface area contributed by atoms with Gasteiger partial charge in [-0.05, 0) is 30.7 Å². The van der Waals surface area contributed by atoms with Gasteiger partial charge < -0.3 is 10.1 Å². The lowest BCUT2D eigenvalue weighted by atomic mass is 10.2. The number of rotatable bonds is 3. The molecule has 1 heterocycles. The SMILES string of the molecule is COc1cnccc1C(=O)Nc1cc(Br)ccc1C. The number of halogens is 1. The van der Waals surface area contributed by atoms with E-state index in [9.17, 15) is 4.79 Å². The number of carbonyl (C=O) groups excluding carboxylic acids is 1. The number of aromatic nitrogens is 1. The van der Waals surface area contributed by atoms with Gasteiger partial charge in [-0.1, -0.05) is 22.0 Å². The Bertz CT molecular complexity index is 614. The van der Waals surface area contributed by atoms with Gasteiger partial charge in [0, 0.05) is 16.4 Å². The number of methoxy groups -OCH3 is 1. The van der Waals surface area contributed by atoms with E-state index in [1.165, 1.54) is 13.3 Å². The number of ether oxygens (including phenoxy) is 1. The van der Waals surface area contributed by atoms with Gasteiger partial charge in [0.25, 0.3) is 5.91 Å². The van der Waals surface area contributed by atoms with E-state index in [-0.39, 0.29) is 5.91 Å². The third-order valence-corrected chi connectivity index (χ3v) is 3.19. The second-order valence-corrected chi connectivity index (χ2v) is 4.91. The third kappa shape index (κ3) is 3.12. The van der Waals surface area contributed by atoms with E-state index in [0.29, 0.717) is 11.3 Å². The lowest BCUT2D eigenvalue weighted by Gasteiger charge is -2.11. The van der Waals surface area contributed by atoms with Crippen molar-refractivity contribution in [1.29, 1.82) is 0 Å². The molecule has 0 aliphatic heterocycles. The van der Waals surface area contributed by atoms with Crippen molar-refractivity contribution < 1.29 is 9.53 Å². The molecule has 4 nitrogen and oxygen atoms in total. The second-order valence-electron chi connectivity index (χ2n) is 3.99. The summed E-state index contributed by atoms with van der Waals surface area (Å²) in [6.45, 7) is 1.94. The average Bonchev–Trinajstić information content (AvgIpc) is 2.42. The molecule has 0 unspecified atom stereocenters. The molecule has 1 aromatic heterocycles. The van der Waals surface area contributed by atoms with Crippen LogP contribution < -0.4 is 10.1 Å². The van der Waals surface area contributed by atoms with Crippen LogP contribution in [0.2, 0.25) is 0 Å². The van der Waals surface area contributed by atoms with Crippen molar-refractivity contribution in [2.24, 2.45) is 0 Å². The van der Waals surface area contributed by atoms with Crippen molar-refractivity contribution >= 4 is 27.5 Å². The van der Waals surface area contributed by atoms with Gasteiger partial charge in [-0.25, -0.2) is 0 Å². The number of aryl methyl sites for hydroxylation is 1. The van der Waals surface area contributed by atoms with Gasteiger partial charge in [0.05, 0.1) is 18.9 Å². The Morgan fingerprint density at radius 2 is 2.16 bits per heavy atom. The van der Waals surface area contributed by atoms with E-state index in [0.717, 1.165) is 15.7 Å². The van der Waals surface area contributed by atoms with E-state index in [2.05, 4.69) is 26.2 Å². The summed E-state index contributed by atoms with van der Waals surface area (Å²) in [5.41, 5.74) is 2.21. The Labute approximate surface area is 119 Å². The number of nitrogens with one attached hydrogen (secondary N) is 1. The standard InChI is InChI=1S/C14H13BrN2O2/c1-9-3-4-10(15)7-12(9)17-14(18)11-5-6-16-8-13(11)19-2/h3-8H,1-2H3,(H,17,18). The molecule has 0 aliphatic rings. The molecule has 0 radical (unpaired) electrons. The summed E-state index contributed by atoms with van der Waals surface area (Å²) in [5, 5.41) is 2.87. The van der Waals surface area contributed by atoms with E-state index in [1.54, 1.807) is 12.3 Å². The molecule has 0 fully saturated rings. The van der Waals surface area contributed by atoms with Crippen LogP contribution >= 0.6 is 15.9 Å². The molecule has 1 amide bonds. The number of carbonyl (C=O) groups is 1. The zero-order valence-electron chi connectivity index (χ0n) is 10.6. The minimum absolute atomic E-state index is 0.222. The van der Waals surface area contributed by atoms with Gasteiger partial charge in [-0.3, -0.25) is 9.78 Å². The Hall–Kier alpha value is -1.88. The summed E-state index contributed by atoms with van der Waals surface area (Å²) in [5.74, 6) is 0.230. The van der Waals surface area contributed by atoms with Crippen LogP contribution in [0.15, 0.2) is 41.1 Å². The topological polar surface area (TPSA) is 51.2 Å². The number of pyridine rings is 1. The monoisotopic (exact) mass is 320 g/mol. The molecule has 2 rings (SSSR count). The highest BCUT2D eigenvalue weighted by Crippen LogP contribution is 2.23. The van der Waals surface area contributed by atoms with Crippen LogP contribution in [0.3, 0.4) is 0 Å².